The number of benzene rings is 2. The second kappa shape index (κ2) is 10.8. The number of ether oxygens (including phenoxy) is 2. The zero-order chi connectivity index (χ0) is 26.5. The van der Waals surface area contributed by atoms with Crippen molar-refractivity contribution in [1.82, 2.24) is 15.5 Å². The normalized spacial score (nSPS) is 11.9. The Morgan fingerprint density at radius 2 is 1.81 bits per heavy atom. The van der Waals surface area contributed by atoms with Crippen LogP contribution in [-0.2, 0) is 11.3 Å². The van der Waals surface area contributed by atoms with E-state index in [4.69, 9.17) is 10.5 Å². The molecule has 0 aliphatic rings. The fourth-order valence-electron chi connectivity index (χ4n) is 2.88. The van der Waals surface area contributed by atoms with E-state index < -0.39 is 47.5 Å². The highest BCUT2D eigenvalue weighted by Gasteiger charge is 2.39. The number of nitrogens with zero attached hydrogens (tertiary/aromatic N) is 2. The molecule has 0 unspecified atom stereocenters. The lowest BCUT2D eigenvalue weighted by molar-refractivity contribution is -0.196. The van der Waals surface area contributed by atoms with Crippen molar-refractivity contribution < 1.29 is 41.0 Å². The van der Waals surface area contributed by atoms with Gasteiger partial charge in [0.05, 0.1) is 24.1 Å². The van der Waals surface area contributed by atoms with Crippen molar-refractivity contribution >= 4 is 17.8 Å². The largest absolute Gasteiger partial charge is 0.450 e. The van der Waals surface area contributed by atoms with Crippen LogP contribution in [0.25, 0.3) is 11.1 Å². The van der Waals surface area contributed by atoms with Crippen LogP contribution in [-0.4, -0.2) is 34.6 Å². The summed E-state index contributed by atoms with van der Waals surface area (Å²) in [6, 6.07) is 7.86. The van der Waals surface area contributed by atoms with Crippen molar-refractivity contribution in [1.29, 1.82) is 0 Å². The first-order valence-corrected chi connectivity index (χ1v) is 10.1. The Morgan fingerprint density at radius 1 is 1.08 bits per heavy atom. The molecule has 0 spiro atoms. The molecule has 0 aliphatic carbocycles. The molecular formula is C22H18F5N5O4. The van der Waals surface area contributed by atoms with Crippen molar-refractivity contribution in [2.24, 2.45) is 5.73 Å². The average molecular weight is 511 g/mol. The van der Waals surface area contributed by atoms with E-state index >= 15 is 4.39 Å². The predicted octanol–water partition coefficient (Wildman–Crippen LogP) is 4.88. The van der Waals surface area contributed by atoms with Crippen molar-refractivity contribution in [3.8, 4) is 22.6 Å². The molecule has 190 valence electrons. The van der Waals surface area contributed by atoms with Crippen molar-refractivity contribution in [3.05, 3.63) is 66.0 Å². The van der Waals surface area contributed by atoms with E-state index in [1.165, 1.54) is 36.5 Å². The lowest BCUT2D eigenvalue weighted by Gasteiger charge is -2.19. The van der Waals surface area contributed by atoms with Crippen molar-refractivity contribution in [2.75, 3.05) is 5.32 Å². The number of nitrogens with one attached hydrogen (secondary N) is 2. The van der Waals surface area contributed by atoms with Gasteiger partial charge in [0, 0.05) is 11.1 Å². The average Bonchev–Trinajstić information content (AvgIpc) is 2.81. The summed E-state index contributed by atoms with van der Waals surface area (Å²) >= 11 is 0. The lowest BCUT2D eigenvalue weighted by Crippen LogP contribution is -2.32. The minimum absolute atomic E-state index is 0.00509. The van der Waals surface area contributed by atoms with E-state index in [9.17, 15) is 27.2 Å². The van der Waals surface area contributed by atoms with Gasteiger partial charge in [-0.3, -0.25) is 5.32 Å². The first kappa shape index (κ1) is 26.1. The maximum atomic E-state index is 15.5. The van der Waals surface area contributed by atoms with Gasteiger partial charge < -0.3 is 20.5 Å². The topological polar surface area (TPSA) is 128 Å². The molecule has 1 aromatic heterocycles. The summed E-state index contributed by atoms with van der Waals surface area (Å²) in [6.07, 6.45) is -7.62. The van der Waals surface area contributed by atoms with Crippen LogP contribution >= 0.6 is 0 Å². The van der Waals surface area contributed by atoms with E-state index in [1.54, 1.807) is 0 Å². The molecule has 4 N–H and O–H groups in total. The second-order valence-electron chi connectivity index (χ2n) is 7.16. The Bertz CT molecular complexity index is 1270. The monoisotopic (exact) mass is 511 g/mol. The van der Waals surface area contributed by atoms with E-state index in [1.807, 2.05) is 5.32 Å². The number of hydrogen-bond donors (Lipinski definition) is 3. The summed E-state index contributed by atoms with van der Waals surface area (Å²) in [4.78, 5) is 23.1. The Labute approximate surface area is 200 Å². The summed E-state index contributed by atoms with van der Waals surface area (Å²) in [5.74, 6) is -3.09. The van der Waals surface area contributed by atoms with Crippen LogP contribution in [0, 0.1) is 11.6 Å². The summed E-state index contributed by atoms with van der Waals surface area (Å²) in [6.45, 7) is 0.394. The Balaban J connectivity index is 2.05. The van der Waals surface area contributed by atoms with E-state index in [2.05, 4.69) is 20.3 Å². The van der Waals surface area contributed by atoms with Gasteiger partial charge >= 0.3 is 18.3 Å². The van der Waals surface area contributed by atoms with Gasteiger partial charge in [0.1, 0.15) is 0 Å². The molecule has 0 bridgehead atoms. The molecule has 1 heterocycles. The number of alkyl halides is 3. The lowest BCUT2D eigenvalue weighted by atomic mass is 10.0. The number of para-hydroxylation sites is 1. The molecule has 3 aromatic rings. The van der Waals surface area contributed by atoms with E-state index in [0.717, 1.165) is 12.1 Å². The molecule has 9 nitrogen and oxygen atoms in total. The van der Waals surface area contributed by atoms with Crippen LogP contribution < -0.4 is 21.1 Å². The Morgan fingerprint density at radius 3 is 2.47 bits per heavy atom. The SMILES string of the molecule is C[C@H](OC(=O)Nc1ccc(-c2ccnnc2CNC(N)=O)c(Oc2ccccc2F)c1F)C(F)(F)F. The number of urea groups is 1. The number of nitrogens with two attached hydrogens (primary N) is 1. The van der Waals surface area contributed by atoms with Crippen molar-refractivity contribution in [3.63, 3.8) is 0 Å². The number of carbonyl (C=O) groups excluding carboxylic acids is 2. The molecule has 36 heavy (non-hydrogen) atoms. The zero-order valence-corrected chi connectivity index (χ0v) is 18.4. The van der Waals surface area contributed by atoms with Gasteiger partial charge in [-0.1, -0.05) is 12.1 Å². The quantitative estimate of drug-likeness (QED) is 0.388. The Kier molecular flexibility index (Phi) is 7.86. The predicted molar refractivity (Wildman–Crippen MR) is 116 cm³/mol. The van der Waals surface area contributed by atoms with Crippen LogP contribution in [0.15, 0.2) is 48.7 Å². The van der Waals surface area contributed by atoms with E-state index in [0.29, 0.717) is 6.92 Å². The second-order valence-corrected chi connectivity index (χ2v) is 7.16. The number of carbonyl (C=O) groups is 2. The van der Waals surface area contributed by atoms with Gasteiger partial charge in [-0.15, -0.1) is 0 Å². The highest BCUT2D eigenvalue weighted by atomic mass is 19.4. The third-order valence-electron chi connectivity index (χ3n) is 4.64. The zero-order valence-electron chi connectivity index (χ0n) is 18.4. The fraction of sp³-hybridized carbons (Fsp3) is 0.182. The van der Waals surface area contributed by atoms with Gasteiger partial charge in [0.2, 0.25) is 0 Å². The number of hydrogen-bond acceptors (Lipinski definition) is 6. The van der Waals surface area contributed by atoms with Crippen LogP contribution in [0.4, 0.5) is 37.2 Å². The maximum absolute atomic E-state index is 15.5. The summed E-state index contributed by atoms with van der Waals surface area (Å²) in [5.41, 5.74) is 4.80. The Hall–Kier alpha value is -4.49. The van der Waals surface area contributed by atoms with Gasteiger partial charge in [-0.05, 0) is 37.3 Å². The highest BCUT2D eigenvalue weighted by Crippen LogP contribution is 2.40. The van der Waals surface area contributed by atoms with Crippen LogP contribution in [0.5, 0.6) is 11.5 Å². The number of rotatable bonds is 7. The summed E-state index contributed by atoms with van der Waals surface area (Å²) < 4.78 is 77.6. The number of amides is 3. The van der Waals surface area contributed by atoms with Gasteiger partial charge in [-0.2, -0.15) is 23.4 Å². The minimum atomic E-state index is -4.83. The highest BCUT2D eigenvalue weighted by molar-refractivity contribution is 5.87. The standard InChI is InChI=1S/C22H18F5N5O4/c1-11(22(25,26)27)35-21(34)31-15-7-6-13(12-8-9-30-32-16(12)10-29-20(28)33)19(18(15)24)36-17-5-3-2-4-14(17)23/h2-9,11H,10H2,1H3,(H,31,34)(H3,28,29,33)/t11-/m0/s1. The molecule has 3 rings (SSSR count). The number of aromatic nitrogens is 2. The van der Waals surface area contributed by atoms with E-state index in [-0.39, 0.29) is 29.1 Å². The van der Waals surface area contributed by atoms with Gasteiger partial charge in [0.25, 0.3) is 0 Å². The molecular weight excluding hydrogens is 493 g/mol. The molecule has 0 aliphatic heterocycles. The number of anilines is 1. The number of primary amides is 1. The van der Waals surface area contributed by atoms with Crippen molar-refractivity contribution in [2.45, 2.75) is 25.7 Å². The van der Waals surface area contributed by atoms with Crippen LogP contribution in [0.2, 0.25) is 0 Å². The maximum Gasteiger partial charge on any atom is 0.425 e. The first-order chi connectivity index (χ1) is 17.0. The molecule has 1 atom stereocenters. The smallest absolute Gasteiger partial charge is 0.425 e. The third kappa shape index (κ3) is 6.34. The van der Waals surface area contributed by atoms with Crippen LogP contribution in [0.1, 0.15) is 12.6 Å². The summed E-state index contributed by atoms with van der Waals surface area (Å²) in [7, 11) is 0. The van der Waals surface area contributed by atoms with Gasteiger partial charge in [0.15, 0.2) is 29.2 Å². The third-order valence-corrected chi connectivity index (χ3v) is 4.64. The molecule has 0 radical (unpaired) electrons. The molecule has 14 heteroatoms. The number of halogens is 5. The minimum Gasteiger partial charge on any atom is -0.450 e. The van der Waals surface area contributed by atoms with Crippen LogP contribution in [0.3, 0.4) is 0 Å². The fourth-order valence-corrected chi connectivity index (χ4v) is 2.88. The summed E-state index contributed by atoms with van der Waals surface area (Å²) in [5, 5.41) is 11.8. The molecule has 0 fully saturated rings. The van der Waals surface area contributed by atoms with Gasteiger partial charge in [-0.25, -0.2) is 18.4 Å². The molecule has 3 amide bonds. The first-order valence-electron chi connectivity index (χ1n) is 10.1. The molecule has 0 saturated carbocycles. The molecule has 2 aromatic carbocycles. The molecule has 0 saturated heterocycles.